The predicted molar refractivity (Wildman–Crippen MR) is 111 cm³/mol. The van der Waals surface area contributed by atoms with Gasteiger partial charge in [0.25, 0.3) is 0 Å². The Balaban J connectivity index is 1.67. The third-order valence-electron chi connectivity index (χ3n) is 4.23. The smallest absolute Gasteiger partial charge is 0.321 e. The molecule has 0 fully saturated rings. The lowest BCUT2D eigenvalue weighted by Crippen LogP contribution is -2.34. The molecule has 0 bridgehead atoms. The molecule has 0 aliphatic rings. The predicted octanol–water partition coefficient (Wildman–Crippen LogP) is 3.23. The van der Waals surface area contributed by atoms with Gasteiger partial charge in [-0.05, 0) is 53.3 Å². The number of nitrogens with zero attached hydrogens (tertiary/aromatic N) is 3. The highest BCUT2D eigenvalue weighted by Gasteiger charge is 2.17. The Morgan fingerprint density at radius 1 is 1.29 bits per heavy atom. The van der Waals surface area contributed by atoms with E-state index in [1.807, 2.05) is 24.3 Å². The van der Waals surface area contributed by atoms with Gasteiger partial charge >= 0.3 is 6.03 Å². The Morgan fingerprint density at radius 3 is 2.79 bits per heavy atom. The maximum atomic E-state index is 13.8. The van der Waals surface area contributed by atoms with E-state index in [-0.39, 0.29) is 24.8 Å². The molecular weight excluding hydrogens is 476 g/mol. The Labute approximate surface area is 175 Å². The molecule has 2 aromatic carbocycles. The van der Waals surface area contributed by atoms with Crippen molar-refractivity contribution in [1.29, 1.82) is 0 Å². The highest BCUT2D eigenvalue weighted by Crippen LogP contribution is 2.17. The number of aliphatic hydroxyl groups is 1. The minimum atomic E-state index is -0.552. The molecule has 3 N–H and O–H groups in total. The van der Waals surface area contributed by atoms with E-state index in [0.717, 1.165) is 9.13 Å². The van der Waals surface area contributed by atoms with Gasteiger partial charge in [-0.15, -0.1) is 5.10 Å². The summed E-state index contributed by atoms with van der Waals surface area (Å²) >= 11 is 2.17. The second kappa shape index (κ2) is 9.11. The van der Waals surface area contributed by atoms with Crippen LogP contribution in [0.25, 0.3) is 0 Å². The topological polar surface area (TPSA) is 92.1 Å². The first-order valence-electron chi connectivity index (χ1n) is 8.55. The molecule has 28 heavy (non-hydrogen) atoms. The summed E-state index contributed by atoms with van der Waals surface area (Å²) in [4.78, 5) is 12.3. The summed E-state index contributed by atoms with van der Waals surface area (Å²) in [5.41, 5.74) is 1.86. The van der Waals surface area contributed by atoms with Gasteiger partial charge in [0.15, 0.2) is 5.82 Å². The van der Waals surface area contributed by atoms with Crippen molar-refractivity contribution < 1.29 is 14.3 Å². The number of nitrogens with one attached hydrogen (secondary N) is 2. The van der Waals surface area contributed by atoms with Gasteiger partial charge in [0.1, 0.15) is 5.82 Å². The lowest BCUT2D eigenvalue weighted by Gasteiger charge is -2.17. The maximum absolute atomic E-state index is 13.8. The molecule has 1 atom stereocenters. The number of rotatable bonds is 6. The van der Waals surface area contributed by atoms with Crippen LogP contribution in [0.2, 0.25) is 0 Å². The van der Waals surface area contributed by atoms with E-state index in [2.05, 4.69) is 43.5 Å². The number of halogens is 2. The van der Waals surface area contributed by atoms with Crippen LogP contribution >= 0.6 is 22.6 Å². The molecule has 0 radical (unpaired) electrons. The normalized spacial score (nSPS) is 11.9. The highest BCUT2D eigenvalue weighted by atomic mass is 127. The van der Waals surface area contributed by atoms with E-state index >= 15 is 0 Å². The van der Waals surface area contributed by atoms with Gasteiger partial charge in [0.2, 0.25) is 0 Å². The van der Waals surface area contributed by atoms with Crippen molar-refractivity contribution in [3.8, 4) is 0 Å². The summed E-state index contributed by atoms with van der Waals surface area (Å²) in [6.07, 6.45) is 0. The fourth-order valence-corrected chi connectivity index (χ4v) is 3.24. The number of anilines is 1. The zero-order valence-corrected chi connectivity index (χ0v) is 17.2. The lowest BCUT2D eigenvalue weighted by molar-refractivity contribution is 0.225. The Morgan fingerprint density at radius 2 is 2.07 bits per heavy atom. The van der Waals surface area contributed by atoms with Crippen molar-refractivity contribution in [2.75, 3.05) is 11.9 Å². The molecule has 3 rings (SSSR count). The number of hydrogen-bond acceptors (Lipinski definition) is 4. The monoisotopic (exact) mass is 495 g/mol. The molecule has 0 spiro atoms. The molecule has 0 aliphatic carbocycles. The Kier molecular flexibility index (Phi) is 6.57. The zero-order valence-electron chi connectivity index (χ0n) is 15.1. The van der Waals surface area contributed by atoms with Gasteiger partial charge in [-0.1, -0.05) is 35.5 Å². The largest absolute Gasteiger partial charge is 0.394 e. The second-order valence-electron chi connectivity index (χ2n) is 6.16. The first kappa shape index (κ1) is 20.2. The SMILES string of the molecule is Cc1c(NC(=O)NC(CO)c2cccc(I)c2)nnn1Cc1ccccc1F. The average Bonchev–Trinajstić information content (AvgIpc) is 3.01. The van der Waals surface area contributed by atoms with Crippen molar-refractivity contribution in [2.45, 2.75) is 19.5 Å². The van der Waals surface area contributed by atoms with Crippen molar-refractivity contribution >= 4 is 34.4 Å². The van der Waals surface area contributed by atoms with E-state index in [4.69, 9.17) is 0 Å². The van der Waals surface area contributed by atoms with Crippen molar-refractivity contribution in [2.24, 2.45) is 0 Å². The molecule has 1 unspecified atom stereocenters. The van der Waals surface area contributed by atoms with Gasteiger partial charge in [-0.25, -0.2) is 13.9 Å². The van der Waals surface area contributed by atoms with Gasteiger partial charge in [-0.2, -0.15) is 0 Å². The molecule has 7 nitrogen and oxygen atoms in total. The number of amides is 2. The number of aromatic nitrogens is 3. The summed E-state index contributed by atoms with van der Waals surface area (Å²) in [6, 6.07) is 12.9. The van der Waals surface area contributed by atoms with E-state index in [9.17, 15) is 14.3 Å². The van der Waals surface area contributed by atoms with E-state index < -0.39 is 12.1 Å². The number of aliphatic hydroxyl groups excluding tert-OH is 1. The van der Waals surface area contributed by atoms with Crippen LogP contribution in [0.1, 0.15) is 22.9 Å². The van der Waals surface area contributed by atoms with Crippen LogP contribution in [0.5, 0.6) is 0 Å². The van der Waals surface area contributed by atoms with Crippen LogP contribution in [-0.2, 0) is 6.54 Å². The fraction of sp³-hybridized carbons (Fsp3) is 0.211. The summed E-state index contributed by atoms with van der Waals surface area (Å²) < 4.78 is 16.3. The number of hydrogen-bond donors (Lipinski definition) is 3. The Bertz CT molecular complexity index is 978. The van der Waals surface area contributed by atoms with Crippen LogP contribution in [0.4, 0.5) is 15.0 Å². The third kappa shape index (κ3) is 4.84. The van der Waals surface area contributed by atoms with Crippen molar-refractivity contribution in [1.82, 2.24) is 20.3 Å². The van der Waals surface area contributed by atoms with Crippen LogP contribution in [0, 0.1) is 16.3 Å². The van der Waals surface area contributed by atoms with Gasteiger partial charge in [-0.3, -0.25) is 5.32 Å². The second-order valence-corrected chi connectivity index (χ2v) is 7.41. The number of carbonyl (C=O) groups is 1. The molecule has 9 heteroatoms. The first-order valence-corrected chi connectivity index (χ1v) is 9.63. The molecule has 1 aromatic heterocycles. The summed E-state index contributed by atoms with van der Waals surface area (Å²) in [5.74, 6) is -0.0545. The lowest BCUT2D eigenvalue weighted by atomic mass is 10.1. The van der Waals surface area contributed by atoms with Crippen LogP contribution in [0.3, 0.4) is 0 Å². The number of urea groups is 1. The zero-order chi connectivity index (χ0) is 20.1. The molecular formula is C19H19FIN5O2. The van der Waals surface area contributed by atoms with E-state index in [1.165, 1.54) is 10.7 Å². The molecule has 2 amide bonds. The van der Waals surface area contributed by atoms with Crippen LogP contribution in [-0.4, -0.2) is 32.7 Å². The number of benzene rings is 2. The summed E-state index contributed by atoms with van der Waals surface area (Å²) in [5, 5.41) is 22.9. The molecule has 0 saturated carbocycles. The maximum Gasteiger partial charge on any atom is 0.321 e. The molecule has 3 aromatic rings. The standard InChI is InChI=1S/C19H19FIN5O2/c1-12-18(24-25-26(12)10-14-5-2-3-8-16(14)20)23-19(28)22-17(11-27)13-6-4-7-15(21)9-13/h2-9,17,27H,10-11H2,1H3,(H2,22,23,28). The van der Waals surface area contributed by atoms with E-state index in [1.54, 1.807) is 25.1 Å². The number of carbonyl (C=O) groups excluding carboxylic acids is 1. The third-order valence-corrected chi connectivity index (χ3v) is 4.90. The van der Waals surface area contributed by atoms with Crippen molar-refractivity contribution in [3.63, 3.8) is 0 Å². The molecule has 0 aliphatic heterocycles. The molecule has 1 heterocycles. The summed E-state index contributed by atoms with van der Waals surface area (Å²) in [7, 11) is 0. The quantitative estimate of drug-likeness (QED) is 0.458. The minimum Gasteiger partial charge on any atom is -0.394 e. The first-order chi connectivity index (χ1) is 13.5. The van der Waals surface area contributed by atoms with Crippen LogP contribution < -0.4 is 10.6 Å². The summed E-state index contributed by atoms with van der Waals surface area (Å²) in [6.45, 7) is 1.70. The van der Waals surface area contributed by atoms with E-state index in [0.29, 0.717) is 11.3 Å². The minimum absolute atomic E-state index is 0.205. The molecule has 146 valence electrons. The van der Waals surface area contributed by atoms with Gasteiger partial charge < -0.3 is 10.4 Å². The molecule has 0 saturated heterocycles. The Hall–Kier alpha value is -2.53. The van der Waals surface area contributed by atoms with Crippen molar-refractivity contribution in [3.05, 3.63) is 74.7 Å². The van der Waals surface area contributed by atoms with Gasteiger partial charge in [0, 0.05) is 9.13 Å². The van der Waals surface area contributed by atoms with Crippen LogP contribution in [0.15, 0.2) is 48.5 Å². The van der Waals surface area contributed by atoms with Gasteiger partial charge in [0.05, 0.1) is 24.9 Å². The fourth-order valence-electron chi connectivity index (χ4n) is 2.67. The average molecular weight is 495 g/mol. The highest BCUT2D eigenvalue weighted by molar-refractivity contribution is 14.1.